The van der Waals surface area contributed by atoms with E-state index < -0.39 is 0 Å². The Morgan fingerprint density at radius 1 is 0.842 bits per heavy atom. The molecule has 1 N–H and O–H groups in total. The summed E-state index contributed by atoms with van der Waals surface area (Å²) in [7, 11) is 0. The molecule has 0 unspecified atom stereocenters. The second kappa shape index (κ2) is 10.1. The first-order valence-electron chi connectivity index (χ1n) is 12.5. The van der Waals surface area contributed by atoms with Gasteiger partial charge in [0.05, 0.1) is 11.7 Å². The molecule has 3 aromatic heterocycles. The second-order valence-corrected chi connectivity index (χ2v) is 9.74. The lowest BCUT2D eigenvalue weighted by Gasteiger charge is -2.29. The summed E-state index contributed by atoms with van der Waals surface area (Å²) >= 11 is 5.91. The van der Waals surface area contributed by atoms with Crippen LogP contribution in [0.1, 0.15) is 34.6 Å². The highest BCUT2D eigenvalue weighted by Gasteiger charge is 2.42. The van der Waals surface area contributed by atoms with Gasteiger partial charge in [0.1, 0.15) is 23.4 Å². The van der Waals surface area contributed by atoms with Gasteiger partial charge in [-0.25, -0.2) is 4.98 Å². The fourth-order valence-corrected chi connectivity index (χ4v) is 5.20. The van der Waals surface area contributed by atoms with E-state index in [4.69, 9.17) is 17.0 Å². The van der Waals surface area contributed by atoms with Gasteiger partial charge in [0.25, 0.3) is 0 Å². The molecule has 0 spiro atoms. The zero-order valence-electron chi connectivity index (χ0n) is 21.2. The number of hydrogen-bond donors (Lipinski definition) is 1. The maximum absolute atomic E-state index is 6.14. The minimum absolute atomic E-state index is 0.148. The molecule has 2 aromatic carbocycles. The Kier molecular flexibility index (Phi) is 6.35. The Morgan fingerprint density at radius 3 is 2.39 bits per heavy atom. The van der Waals surface area contributed by atoms with Crippen molar-refractivity contribution in [3.63, 3.8) is 0 Å². The summed E-state index contributed by atoms with van der Waals surface area (Å²) in [5.74, 6) is 2.47. The number of anilines is 1. The quantitative estimate of drug-likeness (QED) is 0.249. The number of hydrogen-bond acceptors (Lipinski definition) is 4. The van der Waals surface area contributed by atoms with Crippen LogP contribution in [0.2, 0.25) is 0 Å². The van der Waals surface area contributed by atoms with E-state index in [0.717, 1.165) is 45.5 Å². The minimum atomic E-state index is -0.154. The van der Waals surface area contributed by atoms with Crippen molar-refractivity contribution in [2.45, 2.75) is 25.9 Å². The molecule has 6 nitrogen and oxygen atoms in total. The minimum Gasteiger partial charge on any atom is -0.457 e. The molecule has 7 heteroatoms. The number of rotatable bonds is 6. The van der Waals surface area contributed by atoms with Gasteiger partial charge < -0.3 is 19.5 Å². The van der Waals surface area contributed by atoms with Crippen molar-refractivity contribution in [1.29, 1.82) is 0 Å². The van der Waals surface area contributed by atoms with Crippen LogP contribution in [-0.2, 0) is 0 Å². The molecule has 1 aliphatic rings. The van der Waals surface area contributed by atoms with E-state index in [1.165, 1.54) is 0 Å². The molecule has 38 heavy (non-hydrogen) atoms. The molecule has 1 fully saturated rings. The Bertz CT molecular complexity index is 1560. The molecule has 2 atom stereocenters. The summed E-state index contributed by atoms with van der Waals surface area (Å²) in [6, 6.07) is 30.0. The molecule has 4 heterocycles. The molecule has 0 saturated carbocycles. The first-order valence-corrected chi connectivity index (χ1v) is 12.9. The van der Waals surface area contributed by atoms with Crippen LogP contribution in [0.4, 0.5) is 5.69 Å². The van der Waals surface area contributed by atoms with Crippen LogP contribution in [0.15, 0.2) is 110 Å². The Morgan fingerprint density at radius 2 is 1.66 bits per heavy atom. The number of pyridine rings is 2. The molecule has 0 aliphatic carbocycles. The summed E-state index contributed by atoms with van der Waals surface area (Å²) in [6.45, 7) is 4.08. The predicted molar refractivity (Wildman–Crippen MR) is 154 cm³/mol. The topological polar surface area (TPSA) is 55.2 Å². The first-order chi connectivity index (χ1) is 18.6. The van der Waals surface area contributed by atoms with Crippen LogP contribution in [0, 0.1) is 13.8 Å². The molecule has 0 amide bonds. The molecular formula is C31H27N5OS. The number of para-hydroxylation sites is 1. The molecule has 6 rings (SSSR count). The first kappa shape index (κ1) is 23.9. The van der Waals surface area contributed by atoms with E-state index in [1.807, 2.05) is 111 Å². The van der Waals surface area contributed by atoms with Crippen LogP contribution >= 0.6 is 12.2 Å². The van der Waals surface area contributed by atoms with Crippen molar-refractivity contribution in [2.24, 2.45) is 0 Å². The lowest BCUT2D eigenvalue weighted by atomic mass is 10.0. The number of aryl methyl sites for hydroxylation is 2. The molecular weight excluding hydrogens is 490 g/mol. The van der Waals surface area contributed by atoms with E-state index >= 15 is 0 Å². The van der Waals surface area contributed by atoms with Gasteiger partial charge in [-0.1, -0.05) is 30.3 Å². The zero-order valence-corrected chi connectivity index (χ0v) is 22.0. The third-order valence-electron chi connectivity index (χ3n) is 6.76. The Balaban J connectivity index is 1.40. The highest BCUT2D eigenvalue weighted by atomic mass is 32.1. The van der Waals surface area contributed by atoms with Gasteiger partial charge in [0, 0.05) is 30.0 Å². The van der Waals surface area contributed by atoms with Crippen LogP contribution in [0.5, 0.6) is 11.5 Å². The molecule has 1 aliphatic heterocycles. The molecule has 188 valence electrons. The number of thiocarbonyl (C=S) groups is 1. The summed E-state index contributed by atoms with van der Waals surface area (Å²) in [6.07, 6.45) is 5.75. The monoisotopic (exact) mass is 517 g/mol. The van der Waals surface area contributed by atoms with Crippen molar-refractivity contribution in [3.05, 3.63) is 132 Å². The third kappa shape index (κ3) is 4.53. The van der Waals surface area contributed by atoms with Gasteiger partial charge in [-0.2, -0.15) is 0 Å². The Hall–Kier alpha value is -4.49. The normalized spacial score (nSPS) is 16.9. The van der Waals surface area contributed by atoms with Crippen LogP contribution in [-0.4, -0.2) is 19.6 Å². The fourth-order valence-electron chi connectivity index (χ4n) is 4.85. The SMILES string of the molecule is Cc1ccc(-n2cccc2[C@H]2[C@@H](c3ccccn3)NC(=S)N2c2ccc(Oc3ccccc3C)cc2)nc1. The average Bonchev–Trinajstić information content (AvgIpc) is 3.56. The van der Waals surface area contributed by atoms with Crippen molar-refractivity contribution < 1.29 is 4.74 Å². The van der Waals surface area contributed by atoms with Crippen molar-refractivity contribution in [1.82, 2.24) is 19.9 Å². The highest BCUT2D eigenvalue weighted by Crippen LogP contribution is 2.42. The van der Waals surface area contributed by atoms with E-state index in [0.29, 0.717) is 5.11 Å². The van der Waals surface area contributed by atoms with Crippen molar-refractivity contribution >= 4 is 23.0 Å². The van der Waals surface area contributed by atoms with E-state index in [2.05, 4.69) is 36.9 Å². The molecule has 5 aromatic rings. The largest absolute Gasteiger partial charge is 0.457 e. The number of benzene rings is 2. The van der Waals surface area contributed by atoms with Gasteiger partial charge >= 0.3 is 0 Å². The second-order valence-electron chi connectivity index (χ2n) is 9.35. The van der Waals surface area contributed by atoms with Crippen LogP contribution < -0.4 is 15.0 Å². The molecule has 0 radical (unpaired) electrons. The number of aromatic nitrogens is 3. The van der Waals surface area contributed by atoms with Crippen LogP contribution in [0.25, 0.3) is 5.82 Å². The molecule has 1 saturated heterocycles. The smallest absolute Gasteiger partial charge is 0.174 e. The van der Waals surface area contributed by atoms with Crippen molar-refractivity contribution in [2.75, 3.05) is 4.90 Å². The number of ether oxygens (including phenoxy) is 1. The zero-order chi connectivity index (χ0) is 26.1. The van der Waals surface area contributed by atoms with Gasteiger partial charge in [0.2, 0.25) is 0 Å². The number of nitrogens with zero attached hydrogens (tertiary/aromatic N) is 4. The Labute approximate surface area is 227 Å². The number of nitrogens with one attached hydrogen (secondary N) is 1. The lowest BCUT2D eigenvalue weighted by Crippen LogP contribution is -2.30. The van der Waals surface area contributed by atoms with Gasteiger partial charge in [0.15, 0.2) is 5.11 Å². The fraction of sp³-hybridized carbons (Fsp3) is 0.129. The van der Waals surface area contributed by atoms with Gasteiger partial charge in [-0.3, -0.25) is 4.98 Å². The maximum Gasteiger partial charge on any atom is 0.174 e. The summed E-state index contributed by atoms with van der Waals surface area (Å²) in [5.41, 5.74) is 5.15. The summed E-state index contributed by atoms with van der Waals surface area (Å²) in [5, 5.41) is 4.18. The van der Waals surface area contributed by atoms with E-state index in [9.17, 15) is 0 Å². The summed E-state index contributed by atoms with van der Waals surface area (Å²) in [4.78, 5) is 11.5. The van der Waals surface area contributed by atoms with E-state index in [-0.39, 0.29) is 12.1 Å². The highest BCUT2D eigenvalue weighted by molar-refractivity contribution is 7.80. The molecule has 0 bridgehead atoms. The van der Waals surface area contributed by atoms with Gasteiger partial charge in [-0.15, -0.1) is 0 Å². The van der Waals surface area contributed by atoms with Crippen LogP contribution in [0.3, 0.4) is 0 Å². The van der Waals surface area contributed by atoms with Gasteiger partial charge in [-0.05, 0) is 97.9 Å². The van der Waals surface area contributed by atoms with E-state index in [1.54, 1.807) is 0 Å². The maximum atomic E-state index is 6.14. The summed E-state index contributed by atoms with van der Waals surface area (Å²) < 4.78 is 8.26. The average molecular weight is 518 g/mol. The predicted octanol–water partition coefficient (Wildman–Crippen LogP) is 6.85. The van der Waals surface area contributed by atoms with Crippen molar-refractivity contribution in [3.8, 4) is 17.3 Å². The lowest BCUT2D eigenvalue weighted by molar-refractivity contribution is 0.479. The third-order valence-corrected chi connectivity index (χ3v) is 7.07. The standard InChI is InChI=1S/C31H27N5OS/c1-21-12-17-28(33-20-21)35-19-7-10-26(35)30-29(25-9-5-6-18-32-25)34-31(38)36(30)23-13-15-24(16-14-23)37-27-11-4-3-8-22(27)2/h3-20,29-30H,1-2H3,(H,34,38)/t29-,30+/m1/s1.